The standard InChI is InChI=1S/C13H17ClO4S/c14-11-4-6-12(7-5-11)18-8-2-10-19(17)9-1-3-13(15)16/h4-7H,1-3,8-10H2,(H,15,16). The highest BCUT2D eigenvalue weighted by Crippen LogP contribution is 2.15. The van der Waals surface area contributed by atoms with Crippen LogP contribution < -0.4 is 4.74 Å². The summed E-state index contributed by atoms with van der Waals surface area (Å²) in [6.45, 7) is 0.492. The maximum absolute atomic E-state index is 11.5. The number of aliphatic carboxylic acids is 1. The first-order valence-corrected chi connectivity index (χ1v) is 7.89. The Hall–Kier alpha value is -1.07. The zero-order chi connectivity index (χ0) is 14.1. The van der Waals surface area contributed by atoms with Crippen molar-refractivity contribution in [1.82, 2.24) is 0 Å². The molecule has 1 N–H and O–H groups in total. The van der Waals surface area contributed by atoms with E-state index in [0.29, 0.717) is 36.0 Å². The fraction of sp³-hybridized carbons (Fsp3) is 0.462. The second-order valence-corrected chi connectivity index (χ2v) is 6.13. The van der Waals surface area contributed by atoms with Crippen LogP contribution in [-0.2, 0) is 15.6 Å². The summed E-state index contributed by atoms with van der Waals surface area (Å²) in [5.74, 6) is 0.865. The third-order valence-electron chi connectivity index (χ3n) is 2.36. The molecule has 0 bridgehead atoms. The molecule has 0 aromatic heterocycles. The van der Waals surface area contributed by atoms with E-state index < -0.39 is 16.8 Å². The molecular weight excluding hydrogens is 288 g/mol. The molecule has 1 unspecified atom stereocenters. The molecule has 0 spiro atoms. The van der Waals surface area contributed by atoms with Gasteiger partial charge in [0.05, 0.1) is 6.61 Å². The molecule has 0 saturated carbocycles. The molecular formula is C13H17ClO4S. The van der Waals surface area contributed by atoms with Crippen molar-refractivity contribution in [2.24, 2.45) is 0 Å². The fourth-order valence-electron chi connectivity index (χ4n) is 1.43. The van der Waals surface area contributed by atoms with Gasteiger partial charge in [0.1, 0.15) is 5.75 Å². The molecule has 0 radical (unpaired) electrons. The van der Waals surface area contributed by atoms with Gasteiger partial charge in [-0.1, -0.05) is 11.6 Å². The van der Waals surface area contributed by atoms with Gasteiger partial charge in [-0.05, 0) is 37.1 Å². The Morgan fingerprint density at radius 2 is 1.84 bits per heavy atom. The van der Waals surface area contributed by atoms with Crippen molar-refractivity contribution in [3.05, 3.63) is 29.3 Å². The van der Waals surface area contributed by atoms with Gasteiger partial charge in [0.15, 0.2) is 0 Å². The van der Waals surface area contributed by atoms with Crippen molar-refractivity contribution in [2.75, 3.05) is 18.1 Å². The smallest absolute Gasteiger partial charge is 0.303 e. The summed E-state index contributed by atoms with van der Waals surface area (Å²) in [7, 11) is -0.962. The maximum Gasteiger partial charge on any atom is 0.303 e. The molecule has 106 valence electrons. The summed E-state index contributed by atoms with van der Waals surface area (Å²) in [4.78, 5) is 10.3. The van der Waals surface area contributed by atoms with Crippen LogP contribution >= 0.6 is 11.6 Å². The van der Waals surface area contributed by atoms with Gasteiger partial charge in [-0.25, -0.2) is 0 Å². The number of carboxylic acid groups (broad SMARTS) is 1. The molecule has 1 atom stereocenters. The van der Waals surface area contributed by atoms with Crippen LogP contribution in [-0.4, -0.2) is 33.4 Å². The van der Waals surface area contributed by atoms with E-state index in [1.807, 2.05) is 0 Å². The van der Waals surface area contributed by atoms with E-state index in [4.69, 9.17) is 21.4 Å². The number of benzene rings is 1. The predicted molar refractivity (Wildman–Crippen MR) is 76.3 cm³/mol. The molecule has 1 aromatic rings. The van der Waals surface area contributed by atoms with E-state index in [1.54, 1.807) is 24.3 Å². The van der Waals surface area contributed by atoms with Crippen molar-refractivity contribution in [1.29, 1.82) is 0 Å². The van der Waals surface area contributed by atoms with E-state index in [-0.39, 0.29) is 6.42 Å². The average molecular weight is 305 g/mol. The third-order valence-corrected chi connectivity index (χ3v) is 4.10. The van der Waals surface area contributed by atoms with E-state index in [1.165, 1.54) is 0 Å². The molecule has 0 aliphatic rings. The number of carbonyl (C=O) groups is 1. The summed E-state index contributed by atoms with van der Waals surface area (Å²) in [6, 6.07) is 7.07. The Balaban J connectivity index is 2.08. The van der Waals surface area contributed by atoms with Crippen molar-refractivity contribution < 1.29 is 18.8 Å². The molecule has 0 aliphatic carbocycles. The largest absolute Gasteiger partial charge is 0.494 e. The zero-order valence-electron chi connectivity index (χ0n) is 10.5. The van der Waals surface area contributed by atoms with Gasteiger partial charge in [0.2, 0.25) is 0 Å². The molecule has 0 amide bonds. The number of halogens is 1. The molecule has 6 heteroatoms. The van der Waals surface area contributed by atoms with Crippen LogP contribution in [0.25, 0.3) is 0 Å². The highest BCUT2D eigenvalue weighted by atomic mass is 35.5. The van der Waals surface area contributed by atoms with E-state index >= 15 is 0 Å². The highest BCUT2D eigenvalue weighted by Gasteiger charge is 2.03. The number of hydrogen-bond donors (Lipinski definition) is 1. The Kier molecular flexibility index (Phi) is 7.52. The molecule has 19 heavy (non-hydrogen) atoms. The average Bonchev–Trinajstić information content (AvgIpc) is 2.36. The lowest BCUT2D eigenvalue weighted by Gasteiger charge is -2.06. The van der Waals surface area contributed by atoms with Gasteiger partial charge in [0.25, 0.3) is 0 Å². The van der Waals surface area contributed by atoms with Crippen LogP contribution in [0.5, 0.6) is 5.75 Å². The normalized spacial score (nSPS) is 12.1. The molecule has 0 aliphatic heterocycles. The van der Waals surface area contributed by atoms with Crippen LogP contribution in [0.15, 0.2) is 24.3 Å². The Labute approximate surface area is 120 Å². The van der Waals surface area contributed by atoms with Crippen LogP contribution in [0.3, 0.4) is 0 Å². The van der Waals surface area contributed by atoms with Crippen LogP contribution in [0.2, 0.25) is 5.02 Å². The second kappa shape index (κ2) is 8.93. The van der Waals surface area contributed by atoms with E-state index in [9.17, 15) is 9.00 Å². The molecule has 1 rings (SSSR count). The lowest BCUT2D eigenvalue weighted by Crippen LogP contribution is -2.08. The number of carboxylic acids is 1. The topological polar surface area (TPSA) is 63.6 Å². The first-order chi connectivity index (χ1) is 9.08. The molecule has 1 aromatic carbocycles. The first kappa shape index (κ1) is 16.0. The second-order valence-electron chi connectivity index (χ2n) is 4.00. The number of ether oxygens (including phenoxy) is 1. The van der Waals surface area contributed by atoms with Crippen LogP contribution in [0.4, 0.5) is 0 Å². The minimum atomic E-state index is -0.962. The number of hydrogen-bond acceptors (Lipinski definition) is 3. The fourth-order valence-corrected chi connectivity index (χ4v) is 2.66. The Bertz CT molecular complexity index is 419. The van der Waals surface area contributed by atoms with Crippen molar-refractivity contribution >= 4 is 28.4 Å². The van der Waals surface area contributed by atoms with Crippen molar-refractivity contribution in [3.63, 3.8) is 0 Å². The summed E-state index contributed by atoms with van der Waals surface area (Å²) < 4.78 is 17.0. The van der Waals surface area contributed by atoms with Gasteiger partial charge in [0, 0.05) is 33.7 Å². The zero-order valence-corrected chi connectivity index (χ0v) is 12.1. The quantitative estimate of drug-likeness (QED) is 0.713. The minimum Gasteiger partial charge on any atom is -0.494 e. The minimum absolute atomic E-state index is 0.0764. The first-order valence-electron chi connectivity index (χ1n) is 6.03. The molecule has 4 nitrogen and oxygen atoms in total. The predicted octanol–water partition coefficient (Wildman–Crippen LogP) is 2.72. The third kappa shape index (κ3) is 7.85. The molecule has 0 saturated heterocycles. The number of rotatable bonds is 9. The summed E-state index contributed by atoms with van der Waals surface area (Å²) in [5, 5.41) is 9.12. The lowest BCUT2D eigenvalue weighted by molar-refractivity contribution is -0.137. The monoisotopic (exact) mass is 304 g/mol. The highest BCUT2D eigenvalue weighted by molar-refractivity contribution is 7.84. The summed E-state index contributed by atoms with van der Waals surface area (Å²) in [5.41, 5.74) is 0. The summed E-state index contributed by atoms with van der Waals surface area (Å²) >= 11 is 5.75. The van der Waals surface area contributed by atoms with Gasteiger partial charge in [-0.2, -0.15) is 0 Å². The van der Waals surface area contributed by atoms with Gasteiger partial charge in [-0.15, -0.1) is 0 Å². The van der Waals surface area contributed by atoms with E-state index in [2.05, 4.69) is 0 Å². The van der Waals surface area contributed by atoms with Gasteiger partial charge >= 0.3 is 5.97 Å². The molecule has 0 fully saturated rings. The van der Waals surface area contributed by atoms with Crippen LogP contribution in [0.1, 0.15) is 19.3 Å². The van der Waals surface area contributed by atoms with E-state index in [0.717, 1.165) is 5.75 Å². The molecule has 0 heterocycles. The van der Waals surface area contributed by atoms with Crippen LogP contribution in [0, 0.1) is 0 Å². The maximum atomic E-state index is 11.5. The lowest BCUT2D eigenvalue weighted by atomic mass is 10.3. The van der Waals surface area contributed by atoms with Gasteiger partial charge in [-0.3, -0.25) is 9.00 Å². The van der Waals surface area contributed by atoms with Crippen molar-refractivity contribution in [2.45, 2.75) is 19.3 Å². The summed E-state index contributed by atoms with van der Waals surface area (Å²) in [6.07, 6.45) is 1.22. The van der Waals surface area contributed by atoms with Crippen molar-refractivity contribution in [3.8, 4) is 5.75 Å². The van der Waals surface area contributed by atoms with Gasteiger partial charge < -0.3 is 9.84 Å². The SMILES string of the molecule is O=C(O)CCCS(=O)CCCOc1ccc(Cl)cc1. The Morgan fingerprint density at radius 3 is 2.47 bits per heavy atom. The Morgan fingerprint density at radius 1 is 1.21 bits per heavy atom.